The van der Waals surface area contributed by atoms with Gasteiger partial charge in [0.1, 0.15) is 5.82 Å². The summed E-state index contributed by atoms with van der Waals surface area (Å²) in [6.07, 6.45) is 7.49. The number of pyridine rings is 1. The molecule has 0 spiro atoms. The lowest BCUT2D eigenvalue weighted by molar-refractivity contribution is 0.0985. The molecule has 4 heterocycles. The number of anilines is 1. The number of nitrogens with zero attached hydrogens (tertiary/aromatic N) is 5. The van der Waals surface area contributed by atoms with Crippen LogP contribution in [0.15, 0.2) is 24.4 Å². The highest BCUT2D eigenvalue weighted by molar-refractivity contribution is 5.75. The van der Waals surface area contributed by atoms with Gasteiger partial charge in [0.25, 0.3) is 0 Å². The van der Waals surface area contributed by atoms with E-state index >= 15 is 0 Å². The molecule has 2 saturated heterocycles. The van der Waals surface area contributed by atoms with E-state index in [1.54, 1.807) is 4.90 Å². The van der Waals surface area contributed by atoms with Crippen LogP contribution < -0.4 is 4.90 Å². The van der Waals surface area contributed by atoms with E-state index in [4.69, 9.17) is 19.4 Å². The second-order valence-corrected chi connectivity index (χ2v) is 8.32. The molecule has 0 bridgehead atoms. The van der Waals surface area contributed by atoms with Crippen LogP contribution in [0.1, 0.15) is 36.2 Å². The Morgan fingerprint density at radius 1 is 1.29 bits per heavy atom. The molecule has 162 valence electrons. The zero-order valence-electron chi connectivity index (χ0n) is 18.0. The molecule has 2 atom stereocenters. The summed E-state index contributed by atoms with van der Waals surface area (Å²) in [5.41, 5.74) is 4.14. The lowest BCUT2D eigenvalue weighted by Crippen LogP contribution is -2.44. The lowest BCUT2D eigenvalue weighted by Gasteiger charge is -2.34. The highest BCUT2D eigenvalue weighted by atomic mass is 16.5. The molecule has 31 heavy (non-hydrogen) atoms. The lowest BCUT2D eigenvalue weighted by atomic mass is 10.0. The first-order valence-corrected chi connectivity index (χ1v) is 10.8. The summed E-state index contributed by atoms with van der Waals surface area (Å²) in [7, 11) is 1.42. The molecule has 8 heteroatoms. The summed E-state index contributed by atoms with van der Waals surface area (Å²) in [6, 6.07) is 4.33. The molecule has 8 nitrogen and oxygen atoms in total. The third kappa shape index (κ3) is 3.76. The third-order valence-corrected chi connectivity index (χ3v) is 6.34. The maximum Gasteiger partial charge on any atom is 0.409 e. The number of amides is 1. The molecule has 3 aliphatic rings. The standard InChI is InChI=1S/C23H27N5O3/c1-15-14-31-11-10-28(15)21-12-20(16-7-9-27(13-16)23(29)30-2)25-22(26-21)18-6-8-24-19-5-3-4-17(18)19/h3-4,6,8,12,15-16H,5,7,9-11,13-14H2,1-2H3/t15-,16+/m1/s1. The highest BCUT2D eigenvalue weighted by Gasteiger charge is 2.31. The molecule has 1 amide bonds. The van der Waals surface area contributed by atoms with Crippen molar-refractivity contribution in [2.24, 2.45) is 0 Å². The minimum Gasteiger partial charge on any atom is -0.453 e. The first kappa shape index (κ1) is 19.9. The van der Waals surface area contributed by atoms with Crippen LogP contribution in [0.2, 0.25) is 0 Å². The monoisotopic (exact) mass is 421 g/mol. The number of carbonyl (C=O) groups is 1. The Morgan fingerprint density at radius 3 is 3.03 bits per heavy atom. The molecule has 0 unspecified atom stereocenters. The van der Waals surface area contributed by atoms with Crippen molar-refractivity contribution < 1.29 is 14.3 Å². The second kappa shape index (κ2) is 8.26. The molecule has 2 aliphatic heterocycles. The Bertz CT molecular complexity index is 1020. The number of morpholine rings is 1. The van der Waals surface area contributed by atoms with Crippen LogP contribution in [0, 0.1) is 0 Å². The first-order valence-electron chi connectivity index (χ1n) is 10.8. The number of allylic oxidation sites excluding steroid dienone is 1. The van der Waals surface area contributed by atoms with Crippen LogP contribution in [-0.4, -0.2) is 71.9 Å². The van der Waals surface area contributed by atoms with Crippen molar-refractivity contribution in [3.8, 4) is 11.4 Å². The van der Waals surface area contributed by atoms with E-state index in [1.165, 1.54) is 7.11 Å². The zero-order chi connectivity index (χ0) is 21.4. The van der Waals surface area contributed by atoms with Gasteiger partial charge in [-0.15, -0.1) is 0 Å². The maximum atomic E-state index is 12.0. The van der Waals surface area contributed by atoms with Gasteiger partial charge < -0.3 is 19.3 Å². The predicted molar refractivity (Wildman–Crippen MR) is 117 cm³/mol. The molecule has 0 N–H and O–H groups in total. The third-order valence-electron chi connectivity index (χ3n) is 6.34. The fourth-order valence-electron chi connectivity index (χ4n) is 4.64. The summed E-state index contributed by atoms with van der Waals surface area (Å²) >= 11 is 0. The molecular weight excluding hydrogens is 394 g/mol. The van der Waals surface area contributed by atoms with E-state index < -0.39 is 0 Å². The normalized spacial score (nSPS) is 22.6. The van der Waals surface area contributed by atoms with Crippen LogP contribution >= 0.6 is 0 Å². The average molecular weight is 422 g/mol. The van der Waals surface area contributed by atoms with Gasteiger partial charge in [-0.2, -0.15) is 0 Å². The summed E-state index contributed by atoms with van der Waals surface area (Å²) in [5, 5.41) is 0. The van der Waals surface area contributed by atoms with Gasteiger partial charge in [-0.25, -0.2) is 14.8 Å². The summed E-state index contributed by atoms with van der Waals surface area (Å²) in [4.78, 5) is 30.5. The van der Waals surface area contributed by atoms with E-state index in [-0.39, 0.29) is 18.1 Å². The van der Waals surface area contributed by atoms with Gasteiger partial charge in [-0.3, -0.25) is 4.98 Å². The SMILES string of the molecule is COC(=O)N1CC[C@H](c2cc(N3CCOC[C@H]3C)nc(-c3ccnc4c3C=CC4)n2)C1. The van der Waals surface area contributed by atoms with E-state index in [9.17, 15) is 4.79 Å². The smallest absolute Gasteiger partial charge is 0.409 e. The van der Waals surface area contributed by atoms with Crippen molar-refractivity contribution in [2.45, 2.75) is 31.7 Å². The quantitative estimate of drug-likeness (QED) is 0.754. The number of aromatic nitrogens is 3. The van der Waals surface area contributed by atoms with Gasteiger partial charge in [-0.05, 0) is 19.4 Å². The molecule has 0 saturated carbocycles. The molecule has 2 aromatic heterocycles. The van der Waals surface area contributed by atoms with Crippen molar-refractivity contribution in [3.05, 3.63) is 41.4 Å². The maximum absolute atomic E-state index is 12.0. The van der Waals surface area contributed by atoms with Crippen LogP contribution in [-0.2, 0) is 15.9 Å². The van der Waals surface area contributed by atoms with E-state index in [1.807, 2.05) is 12.3 Å². The molecular formula is C23H27N5O3. The number of carbonyl (C=O) groups excluding carboxylic acids is 1. The van der Waals surface area contributed by atoms with Gasteiger partial charge >= 0.3 is 6.09 Å². The van der Waals surface area contributed by atoms with Gasteiger partial charge in [0.2, 0.25) is 0 Å². The number of hydrogen-bond acceptors (Lipinski definition) is 7. The summed E-state index contributed by atoms with van der Waals surface area (Å²) < 4.78 is 10.5. The molecule has 2 aromatic rings. The Balaban J connectivity index is 1.56. The number of hydrogen-bond donors (Lipinski definition) is 0. The highest BCUT2D eigenvalue weighted by Crippen LogP contribution is 2.33. The number of rotatable bonds is 3. The van der Waals surface area contributed by atoms with Crippen molar-refractivity contribution >= 4 is 18.0 Å². The number of fused-ring (bicyclic) bond motifs is 1. The molecule has 0 radical (unpaired) electrons. The number of likely N-dealkylation sites (tertiary alicyclic amines) is 1. The zero-order valence-corrected chi connectivity index (χ0v) is 18.0. The number of methoxy groups -OCH3 is 1. The summed E-state index contributed by atoms with van der Waals surface area (Å²) in [6.45, 7) is 5.60. The van der Waals surface area contributed by atoms with Crippen molar-refractivity contribution in [1.82, 2.24) is 19.9 Å². The Morgan fingerprint density at radius 2 is 2.19 bits per heavy atom. The van der Waals surface area contributed by atoms with Crippen LogP contribution in [0.3, 0.4) is 0 Å². The van der Waals surface area contributed by atoms with Gasteiger partial charge in [-0.1, -0.05) is 12.2 Å². The van der Waals surface area contributed by atoms with Crippen LogP contribution in [0.5, 0.6) is 0 Å². The molecule has 0 aromatic carbocycles. The van der Waals surface area contributed by atoms with E-state index in [0.717, 1.165) is 47.7 Å². The Hall–Kier alpha value is -3.00. The minimum absolute atomic E-state index is 0.154. The van der Waals surface area contributed by atoms with Crippen molar-refractivity contribution in [1.29, 1.82) is 0 Å². The van der Waals surface area contributed by atoms with Gasteiger partial charge in [0, 0.05) is 55.4 Å². The van der Waals surface area contributed by atoms with Crippen molar-refractivity contribution in [3.63, 3.8) is 0 Å². The van der Waals surface area contributed by atoms with Gasteiger partial charge in [0.15, 0.2) is 5.82 Å². The fraction of sp³-hybridized carbons (Fsp3) is 0.478. The topological polar surface area (TPSA) is 80.7 Å². The largest absolute Gasteiger partial charge is 0.453 e. The van der Waals surface area contributed by atoms with Gasteiger partial charge in [0.05, 0.1) is 37.8 Å². The molecule has 5 rings (SSSR count). The minimum atomic E-state index is -0.282. The predicted octanol–water partition coefficient (Wildman–Crippen LogP) is 2.89. The fourth-order valence-corrected chi connectivity index (χ4v) is 4.64. The Labute approximate surface area is 181 Å². The Kier molecular flexibility index (Phi) is 5.31. The first-order chi connectivity index (χ1) is 15.1. The molecule has 1 aliphatic carbocycles. The van der Waals surface area contributed by atoms with Crippen LogP contribution in [0.25, 0.3) is 17.5 Å². The van der Waals surface area contributed by atoms with Crippen molar-refractivity contribution in [2.75, 3.05) is 44.9 Å². The summed E-state index contributed by atoms with van der Waals surface area (Å²) in [5.74, 6) is 1.79. The van der Waals surface area contributed by atoms with E-state index in [0.29, 0.717) is 32.1 Å². The van der Waals surface area contributed by atoms with Crippen LogP contribution in [0.4, 0.5) is 10.6 Å². The molecule has 2 fully saturated rings. The van der Waals surface area contributed by atoms with E-state index in [2.05, 4.69) is 35.0 Å². The average Bonchev–Trinajstić information content (AvgIpc) is 3.48. The second-order valence-electron chi connectivity index (χ2n) is 8.32. The number of ether oxygens (including phenoxy) is 2.